The maximum Gasteiger partial charge on any atom is 0.178 e. The monoisotopic (exact) mass is 219 g/mol. The number of epoxide rings is 1. The molecule has 2 unspecified atom stereocenters. The molecule has 0 amide bonds. The first-order valence-electron chi connectivity index (χ1n) is 4.96. The van der Waals surface area contributed by atoms with Crippen LogP contribution in [-0.2, 0) is 10.3 Å². The van der Waals surface area contributed by atoms with E-state index in [1.165, 1.54) is 0 Å². The summed E-state index contributed by atoms with van der Waals surface area (Å²) in [4.78, 5) is 0. The van der Waals surface area contributed by atoms with Gasteiger partial charge in [0.05, 0.1) is 25.9 Å². The Kier molecular flexibility index (Phi) is 2.49. The summed E-state index contributed by atoms with van der Waals surface area (Å²) in [5.41, 5.74) is 0.179. The van der Waals surface area contributed by atoms with Crippen LogP contribution in [0, 0.1) is 11.3 Å². The summed E-state index contributed by atoms with van der Waals surface area (Å²) >= 11 is 0. The molecule has 0 spiro atoms. The standard InChI is InChI=1S/C12H13NO3/c1-12(10(7-13)16-12)11-8(14-2)5-4-6-9(11)15-3/h4-6,10H,1-3H3. The van der Waals surface area contributed by atoms with Gasteiger partial charge in [0.1, 0.15) is 17.1 Å². The van der Waals surface area contributed by atoms with Crippen molar-refractivity contribution >= 4 is 0 Å². The van der Waals surface area contributed by atoms with Crippen LogP contribution in [0.15, 0.2) is 18.2 Å². The van der Waals surface area contributed by atoms with E-state index in [-0.39, 0.29) is 0 Å². The average Bonchev–Trinajstić information content (AvgIpc) is 3.00. The quantitative estimate of drug-likeness (QED) is 0.728. The van der Waals surface area contributed by atoms with Crippen molar-refractivity contribution in [3.8, 4) is 17.6 Å². The van der Waals surface area contributed by atoms with Crippen molar-refractivity contribution in [2.75, 3.05) is 14.2 Å². The van der Waals surface area contributed by atoms with Gasteiger partial charge in [-0.05, 0) is 19.1 Å². The molecule has 16 heavy (non-hydrogen) atoms. The average molecular weight is 219 g/mol. The number of nitriles is 1. The van der Waals surface area contributed by atoms with Gasteiger partial charge in [0.2, 0.25) is 0 Å². The van der Waals surface area contributed by atoms with Gasteiger partial charge >= 0.3 is 0 Å². The molecule has 1 saturated heterocycles. The van der Waals surface area contributed by atoms with E-state index in [1.54, 1.807) is 14.2 Å². The van der Waals surface area contributed by atoms with Gasteiger partial charge in [-0.25, -0.2) is 0 Å². The summed E-state index contributed by atoms with van der Waals surface area (Å²) in [6.45, 7) is 1.86. The number of rotatable bonds is 3. The Morgan fingerprint density at radius 1 is 1.31 bits per heavy atom. The maximum atomic E-state index is 8.87. The molecule has 1 aliphatic heterocycles. The van der Waals surface area contributed by atoms with Crippen molar-refractivity contribution < 1.29 is 14.2 Å². The molecule has 84 valence electrons. The van der Waals surface area contributed by atoms with Gasteiger partial charge < -0.3 is 14.2 Å². The van der Waals surface area contributed by atoms with Gasteiger partial charge in [0.25, 0.3) is 0 Å². The first kappa shape index (κ1) is 10.8. The minimum atomic E-state index is -0.618. The third-order valence-corrected chi connectivity index (χ3v) is 2.85. The van der Waals surface area contributed by atoms with Crippen LogP contribution < -0.4 is 9.47 Å². The highest BCUT2D eigenvalue weighted by Crippen LogP contribution is 2.52. The summed E-state index contributed by atoms with van der Waals surface area (Å²) in [5, 5.41) is 8.87. The molecule has 1 heterocycles. The zero-order chi connectivity index (χ0) is 11.8. The van der Waals surface area contributed by atoms with Crippen LogP contribution in [-0.4, -0.2) is 20.3 Å². The fourth-order valence-corrected chi connectivity index (χ4v) is 1.89. The van der Waals surface area contributed by atoms with E-state index in [9.17, 15) is 0 Å². The Hall–Kier alpha value is -1.73. The van der Waals surface area contributed by atoms with Crippen molar-refractivity contribution in [3.05, 3.63) is 23.8 Å². The summed E-state index contributed by atoms with van der Waals surface area (Å²) in [6, 6.07) is 7.60. The summed E-state index contributed by atoms with van der Waals surface area (Å²) in [6.07, 6.45) is -0.433. The number of ether oxygens (including phenoxy) is 3. The van der Waals surface area contributed by atoms with E-state index >= 15 is 0 Å². The van der Waals surface area contributed by atoms with E-state index in [1.807, 2.05) is 25.1 Å². The van der Waals surface area contributed by atoms with Crippen molar-refractivity contribution in [2.45, 2.75) is 18.6 Å². The molecule has 1 fully saturated rings. The van der Waals surface area contributed by atoms with Crippen LogP contribution in [0.5, 0.6) is 11.5 Å². The second kappa shape index (κ2) is 3.69. The minimum absolute atomic E-state index is 0.433. The molecule has 0 radical (unpaired) electrons. The molecule has 1 aromatic rings. The number of hydrogen-bond donors (Lipinski definition) is 0. The first-order chi connectivity index (χ1) is 7.67. The number of methoxy groups -OCH3 is 2. The van der Waals surface area contributed by atoms with Gasteiger partial charge in [-0.3, -0.25) is 0 Å². The second-order valence-electron chi connectivity index (χ2n) is 3.77. The lowest BCUT2D eigenvalue weighted by atomic mass is 9.96. The molecule has 0 bridgehead atoms. The largest absolute Gasteiger partial charge is 0.496 e. The lowest BCUT2D eigenvalue weighted by molar-refractivity contribution is 0.298. The van der Waals surface area contributed by atoms with Gasteiger partial charge in [-0.1, -0.05) is 6.07 Å². The van der Waals surface area contributed by atoms with E-state index in [2.05, 4.69) is 6.07 Å². The van der Waals surface area contributed by atoms with Crippen molar-refractivity contribution in [1.29, 1.82) is 5.26 Å². The van der Waals surface area contributed by atoms with Crippen molar-refractivity contribution in [3.63, 3.8) is 0 Å². The zero-order valence-electron chi connectivity index (χ0n) is 9.48. The highest BCUT2D eigenvalue weighted by atomic mass is 16.6. The Labute approximate surface area is 94.3 Å². The van der Waals surface area contributed by atoms with Crippen LogP contribution in [0.4, 0.5) is 0 Å². The van der Waals surface area contributed by atoms with Gasteiger partial charge in [0.15, 0.2) is 6.10 Å². The molecular weight excluding hydrogens is 206 g/mol. The summed E-state index contributed by atoms with van der Waals surface area (Å²) in [7, 11) is 3.18. The van der Waals surface area contributed by atoms with Gasteiger partial charge in [-0.15, -0.1) is 0 Å². The second-order valence-corrected chi connectivity index (χ2v) is 3.77. The van der Waals surface area contributed by atoms with E-state index in [0.717, 1.165) is 5.56 Å². The van der Waals surface area contributed by atoms with Crippen LogP contribution in [0.3, 0.4) is 0 Å². The fraction of sp³-hybridized carbons (Fsp3) is 0.417. The molecule has 4 nitrogen and oxygen atoms in total. The summed E-state index contributed by atoms with van der Waals surface area (Å²) in [5.74, 6) is 1.36. The molecule has 2 atom stereocenters. The highest BCUT2D eigenvalue weighted by molar-refractivity contribution is 5.52. The Morgan fingerprint density at radius 2 is 1.88 bits per heavy atom. The molecule has 2 rings (SSSR count). The number of benzene rings is 1. The molecule has 0 saturated carbocycles. The predicted octanol–water partition coefficient (Wildman–Crippen LogP) is 1.84. The molecule has 1 aromatic carbocycles. The maximum absolute atomic E-state index is 8.87. The molecule has 4 heteroatoms. The Bertz CT molecular complexity index is 430. The number of nitrogens with zero attached hydrogens (tertiary/aromatic N) is 1. The Balaban J connectivity index is 2.51. The normalized spacial score (nSPS) is 27.0. The van der Waals surface area contributed by atoms with Gasteiger partial charge in [-0.2, -0.15) is 5.26 Å². The smallest absolute Gasteiger partial charge is 0.178 e. The van der Waals surface area contributed by atoms with E-state index < -0.39 is 11.7 Å². The minimum Gasteiger partial charge on any atom is -0.496 e. The molecule has 0 N–H and O–H groups in total. The number of hydrogen-bond acceptors (Lipinski definition) is 4. The molecule has 0 aliphatic carbocycles. The molecule has 0 aromatic heterocycles. The topological polar surface area (TPSA) is 54.8 Å². The molecular formula is C12H13NO3. The fourth-order valence-electron chi connectivity index (χ4n) is 1.89. The van der Waals surface area contributed by atoms with Crippen LogP contribution in [0.2, 0.25) is 0 Å². The SMILES string of the molecule is COc1cccc(OC)c1C1(C)OC1C#N. The third kappa shape index (κ3) is 1.41. The lowest BCUT2D eigenvalue weighted by Crippen LogP contribution is -2.10. The van der Waals surface area contributed by atoms with Crippen molar-refractivity contribution in [1.82, 2.24) is 0 Å². The van der Waals surface area contributed by atoms with E-state index in [4.69, 9.17) is 19.5 Å². The predicted molar refractivity (Wildman–Crippen MR) is 57.4 cm³/mol. The molecule has 1 aliphatic rings. The van der Waals surface area contributed by atoms with Crippen LogP contribution in [0.25, 0.3) is 0 Å². The third-order valence-electron chi connectivity index (χ3n) is 2.85. The van der Waals surface area contributed by atoms with Crippen molar-refractivity contribution in [2.24, 2.45) is 0 Å². The first-order valence-corrected chi connectivity index (χ1v) is 4.96. The van der Waals surface area contributed by atoms with Crippen LogP contribution >= 0.6 is 0 Å². The van der Waals surface area contributed by atoms with Gasteiger partial charge in [0, 0.05) is 0 Å². The Morgan fingerprint density at radius 3 is 2.25 bits per heavy atom. The lowest BCUT2D eigenvalue weighted by Gasteiger charge is -2.15. The van der Waals surface area contributed by atoms with E-state index in [0.29, 0.717) is 11.5 Å². The highest BCUT2D eigenvalue weighted by Gasteiger charge is 2.57. The zero-order valence-corrected chi connectivity index (χ0v) is 9.48. The van der Waals surface area contributed by atoms with Crippen LogP contribution in [0.1, 0.15) is 12.5 Å². The summed E-state index contributed by atoms with van der Waals surface area (Å²) < 4.78 is 16.0.